The van der Waals surface area contributed by atoms with Crippen LogP contribution in [0, 0.1) is 11.7 Å². The molecule has 0 unspecified atom stereocenters. The zero-order valence-electron chi connectivity index (χ0n) is 13.9. The smallest absolute Gasteiger partial charge is 0.245 e. The molecule has 138 valence electrons. The highest BCUT2D eigenvalue weighted by Gasteiger charge is 2.33. The summed E-state index contributed by atoms with van der Waals surface area (Å²) in [6.45, 7) is 0.342. The van der Waals surface area contributed by atoms with Crippen LogP contribution in [0.25, 0.3) is 0 Å². The molecule has 0 aromatic heterocycles. The Bertz CT molecular complexity index is 912. The number of piperidine rings is 1. The van der Waals surface area contributed by atoms with Gasteiger partial charge in [0.15, 0.2) is 0 Å². The first kappa shape index (κ1) is 18.8. The lowest BCUT2D eigenvalue weighted by Crippen LogP contribution is -2.41. The number of benzene rings is 2. The van der Waals surface area contributed by atoms with Crippen LogP contribution >= 0.6 is 11.6 Å². The van der Waals surface area contributed by atoms with E-state index in [0.717, 1.165) is 6.07 Å². The van der Waals surface area contributed by atoms with Crippen molar-refractivity contribution in [3.05, 3.63) is 59.4 Å². The topological polar surface area (TPSA) is 66.5 Å². The van der Waals surface area contributed by atoms with E-state index < -0.39 is 15.8 Å². The quantitative estimate of drug-likeness (QED) is 0.859. The summed E-state index contributed by atoms with van der Waals surface area (Å²) < 4.78 is 40.2. The average molecular weight is 397 g/mol. The van der Waals surface area contributed by atoms with Crippen LogP contribution in [0.3, 0.4) is 0 Å². The second-order valence-corrected chi connectivity index (χ2v) is 8.45. The van der Waals surface area contributed by atoms with E-state index in [1.54, 1.807) is 24.3 Å². The zero-order chi connectivity index (χ0) is 18.7. The van der Waals surface area contributed by atoms with Crippen molar-refractivity contribution in [1.29, 1.82) is 0 Å². The number of hydrogen-bond donors (Lipinski definition) is 1. The second-order valence-electron chi connectivity index (χ2n) is 6.11. The number of amides is 1. The Morgan fingerprint density at radius 1 is 1.12 bits per heavy atom. The molecule has 2 aromatic rings. The van der Waals surface area contributed by atoms with Crippen molar-refractivity contribution in [1.82, 2.24) is 4.31 Å². The number of sulfonamides is 1. The average Bonchev–Trinajstić information content (AvgIpc) is 2.62. The van der Waals surface area contributed by atoms with Crippen LogP contribution in [0.2, 0.25) is 5.02 Å². The van der Waals surface area contributed by atoms with Crippen LogP contribution in [0.1, 0.15) is 12.8 Å². The van der Waals surface area contributed by atoms with Crippen molar-refractivity contribution in [2.45, 2.75) is 17.7 Å². The first-order valence-corrected chi connectivity index (χ1v) is 10.0. The molecule has 1 N–H and O–H groups in total. The first-order valence-electron chi connectivity index (χ1n) is 8.19. The van der Waals surface area contributed by atoms with Gasteiger partial charge in [-0.05, 0) is 43.2 Å². The van der Waals surface area contributed by atoms with Crippen LogP contribution in [0.15, 0.2) is 53.4 Å². The van der Waals surface area contributed by atoms with Crippen molar-refractivity contribution < 1.29 is 17.6 Å². The Morgan fingerprint density at radius 3 is 2.46 bits per heavy atom. The van der Waals surface area contributed by atoms with Crippen LogP contribution in [-0.4, -0.2) is 31.7 Å². The third kappa shape index (κ3) is 4.06. The highest BCUT2D eigenvalue weighted by atomic mass is 35.5. The van der Waals surface area contributed by atoms with E-state index in [4.69, 9.17) is 11.6 Å². The summed E-state index contributed by atoms with van der Waals surface area (Å²) in [5.41, 5.74) is 0.601. The van der Waals surface area contributed by atoms with Gasteiger partial charge in [-0.1, -0.05) is 29.8 Å². The molecule has 2 aromatic carbocycles. The maximum atomic E-state index is 13.8. The lowest BCUT2D eigenvalue weighted by Gasteiger charge is -2.30. The summed E-state index contributed by atoms with van der Waals surface area (Å²) in [6.07, 6.45) is 0.750. The van der Waals surface area contributed by atoms with Crippen molar-refractivity contribution in [2.75, 3.05) is 18.4 Å². The molecule has 5 nitrogen and oxygen atoms in total. The fraction of sp³-hybridized carbons (Fsp3) is 0.278. The first-order chi connectivity index (χ1) is 12.4. The Kier molecular flexibility index (Phi) is 5.60. The molecular formula is C18H18ClFN2O3S. The highest BCUT2D eigenvalue weighted by molar-refractivity contribution is 7.89. The third-order valence-electron chi connectivity index (χ3n) is 4.37. The van der Waals surface area contributed by atoms with Gasteiger partial charge in [0.25, 0.3) is 0 Å². The molecular weight excluding hydrogens is 379 g/mol. The van der Waals surface area contributed by atoms with Gasteiger partial charge in [0.1, 0.15) is 10.7 Å². The predicted molar refractivity (Wildman–Crippen MR) is 98.0 cm³/mol. The van der Waals surface area contributed by atoms with E-state index >= 15 is 0 Å². The zero-order valence-corrected chi connectivity index (χ0v) is 15.4. The molecule has 1 amide bonds. The monoisotopic (exact) mass is 396 g/mol. The summed E-state index contributed by atoms with van der Waals surface area (Å²) >= 11 is 5.90. The maximum Gasteiger partial charge on any atom is 0.245 e. The van der Waals surface area contributed by atoms with Gasteiger partial charge >= 0.3 is 0 Å². The molecule has 0 saturated carbocycles. The summed E-state index contributed by atoms with van der Waals surface area (Å²) in [4.78, 5) is 12.0. The van der Waals surface area contributed by atoms with Crippen molar-refractivity contribution >= 4 is 33.2 Å². The molecule has 3 rings (SSSR count). The molecule has 1 aliphatic rings. The van der Waals surface area contributed by atoms with Crippen molar-refractivity contribution in [2.24, 2.45) is 5.92 Å². The summed E-state index contributed by atoms with van der Waals surface area (Å²) in [5.74, 6) is -1.25. The van der Waals surface area contributed by atoms with Gasteiger partial charge < -0.3 is 5.32 Å². The summed E-state index contributed by atoms with van der Waals surface area (Å²) in [5, 5.41) is 3.32. The van der Waals surface area contributed by atoms with Gasteiger partial charge in [0.05, 0.1) is 0 Å². The highest BCUT2D eigenvalue weighted by Crippen LogP contribution is 2.26. The minimum Gasteiger partial charge on any atom is -0.326 e. The molecule has 0 aliphatic carbocycles. The number of nitrogens with zero attached hydrogens (tertiary/aromatic N) is 1. The van der Waals surface area contributed by atoms with Crippen molar-refractivity contribution in [3.63, 3.8) is 0 Å². The van der Waals surface area contributed by atoms with E-state index in [-0.39, 0.29) is 29.8 Å². The molecule has 26 heavy (non-hydrogen) atoms. The maximum absolute atomic E-state index is 13.8. The lowest BCUT2D eigenvalue weighted by atomic mass is 9.97. The normalized spacial score (nSPS) is 16.4. The molecule has 8 heteroatoms. The number of rotatable bonds is 4. The molecule has 0 atom stereocenters. The molecule has 1 heterocycles. The van der Waals surface area contributed by atoms with E-state index in [9.17, 15) is 17.6 Å². The standard InChI is InChI=1S/C18H18ClFN2O3S/c19-14-4-3-5-15(12-14)21-18(23)13-8-10-22(11-9-13)26(24,25)17-7-2-1-6-16(17)20/h1-7,12-13H,8-11H2,(H,21,23). The fourth-order valence-electron chi connectivity index (χ4n) is 2.96. The van der Waals surface area contributed by atoms with Gasteiger partial charge in [-0.15, -0.1) is 0 Å². The van der Waals surface area contributed by atoms with E-state index in [1.807, 2.05) is 0 Å². The van der Waals surface area contributed by atoms with E-state index in [1.165, 1.54) is 22.5 Å². The molecule has 0 spiro atoms. The van der Waals surface area contributed by atoms with Gasteiger partial charge in [0.2, 0.25) is 15.9 Å². The molecule has 1 saturated heterocycles. The Morgan fingerprint density at radius 2 is 1.81 bits per heavy atom. The SMILES string of the molecule is O=C(Nc1cccc(Cl)c1)C1CCN(S(=O)(=O)c2ccccc2F)CC1. The molecule has 0 radical (unpaired) electrons. The van der Waals surface area contributed by atoms with E-state index in [2.05, 4.69) is 5.32 Å². The fourth-order valence-corrected chi connectivity index (χ4v) is 4.69. The van der Waals surface area contributed by atoms with Gasteiger partial charge in [-0.3, -0.25) is 4.79 Å². The van der Waals surface area contributed by atoms with Crippen LogP contribution in [0.4, 0.5) is 10.1 Å². The van der Waals surface area contributed by atoms with Gasteiger partial charge in [-0.2, -0.15) is 4.31 Å². The van der Waals surface area contributed by atoms with Crippen molar-refractivity contribution in [3.8, 4) is 0 Å². The number of carbonyl (C=O) groups excluding carboxylic acids is 1. The lowest BCUT2D eigenvalue weighted by molar-refractivity contribution is -0.120. The number of carbonyl (C=O) groups is 1. The number of hydrogen-bond acceptors (Lipinski definition) is 3. The largest absolute Gasteiger partial charge is 0.326 e. The van der Waals surface area contributed by atoms with Gasteiger partial charge in [0, 0.05) is 29.7 Å². The van der Waals surface area contributed by atoms with Crippen LogP contribution in [-0.2, 0) is 14.8 Å². The molecule has 0 bridgehead atoms. The minimum atomic E-state index is -3.90. The summed E-state index contributed by atoms with van der Waals surface area (Å²) in [6, 6.07) is 12.1. The van der Waals surface area contributed by atoms with Crippen LogP contribution < -0.4 is 5.32 Å². The predicted octanol–water partition coefficient (Wildman–Crippen LogP) is 3.52. The Hall–Kier alpha value is -1.96. The van der Waals surface area contributed by atoms with E-state index in [0.29, 0.717) is 23.6 Å². The molecule has 1 fully saturated rings. The molecule has 1 aliphatic heterocycles. The Labute approximate surface area is 156 Å². The second kappa shape index (κ2) is 7.73. The van der Waals surface area contributed by atoms with Crippen LogP contribution in [0.5, 0.6) is 0 Å². The Balaban J connectivity index is 1.64. The third-order valence-corrected chi connectivity index (χ3v) is 6.54. The number of nitrogens with one attached hydrogen (secondary N) is 1. The number of anilines is 1. The minimum absolute atomic E-state index is 0.171. The summed E-state index contributed by atoms with van der Waals surface area (Å²) in [7, 11) is -3.90. The number of halogens is 2. The van der Waals surface area contributed by atoms with Gasteiger partial charge in [-0.25, -0.2) is 12.8 Å².